The minimum absolute atomic E-state index is 0.0721. The summed E-state index contributed by atoms with van der Waals surface area (Å²) in [6.45, 7) is -0.230. The lowest BCUT2D eigenvalue weighted by atomic mass is 9.94. The van der Waals surface area contributed by atoms with Crippen LogP contribution in [-0.2, 0) is 14.3 Å². The van der Waals surface area contributed by atoms with Crippen LogP contribution >= 0.6 is 0 Å². The van der Waals surface area contributed by atoms with E-state index < -0.39 is 0 Å². The van der Waals surface area contributed by atoms with Crippen LogP contribution in [0.25, 0.3) is 0 Å². The van der Waals surface area contributed by atoms with Gasteiger partial charge in [-0.25, -0.2) is 0 Å². The molecule has 5 heteroatoms. The highest BCUT2D eigenvalue weighted by Gasteiger charge is 2.40. The van der Waals surface area contributed by atoms with E-state index in [-0.39, 0.29) is 24.4 Å². The van der Waals surface area contributed by atoms with Crippen LogP contribution in [0.1, 0.15) is 12.8 Å². The first-order chi connectivity index (χ1) is 11.0. The van der Waals surface area contributed by atoms with Crippen LogP contribution in [-0.4, -0.2) is 32.6 Å². The minimum Gasteiger partial charge on any atom is -0.455 e. The third kappa shape index (κ3) is 3.55. The molecule has 3 unspecified atom stereocenters. The van der Waals surface area contributed by atoms with Gasteiger partial charge in [-0.1, -0.05) is 12.2 Å². The molecule has 1 saturated carbocycles. The molecule has 2 bridgehead atoms. The van der Waals surface area contributed by atoms with Crippen LogP contribution in [0.4, 0.5) is 11.4 Å². The summed E-state index contributed by atoms with van der Waals surface area (Å²) in [5.74, 6) is 0.183. The zero-order chi connectivity index (χ0) is 16.4. The molecule has 1 aromatic rings. The van der Waals surface area contributed by atoms with E-state index in [1.807, 2.05) is 43.3 Å². The average molecular weight is 314 g/mol. The maximum absolute atomic E-state index is 12.1. The lowest BCUT2D eigenvalue weighted by Gasteiger charge is -2.16. The van der Waals surface area contributed by atoms with Gasteiger partial charge in [0.05, 0.1) is 5.92 Å². The number of rotatable bonds is 5. The lowest BCUT2D eigenvalue weighted by Crippen LogP contribution is -2.26. The maximum Gasteiger partial charge on any atom is 0.310 e. The number of carbonyl (C=O) groups is 2. The second-order valence-electron chi connectivity index (χ2n) is 6.48. The van der Waals surface area contributed by atoms with Gasteiger partial charge in [0.1, 0.15) is 0 Å². The van der Waals surface area contributed by atoms with E-state index in [1.54, 1.807) is 0 Å². The van der Waals surface area contributed by atoms with E-state index in [9.17, 15) is 9.59 Å². The first-order valence-electron chi connectivity index (χ1n) is 7.95. The molecule has 0 heterocycles. The quantitative estimate of drug-likeness (QED) is 0.670. The molecular formula is C18H22N2O3. The monoisotopic (exact) mass is 314 g/mol. The average Bonchev–Trinajstić information content (AvgIpc) is 3.16. The van der Waals surface area contributed by atoms with Crippen LogP contribution < -0.4 is 10.2 Å². The lowest BCUT2D eigenvalue weighted by molar-refractivity contribution is -0.152. The van der Waals surface area contributed by atoms with Crippen molar-refractivity contribution in [2.75, 3.05) is 30.9 Å². The Balaban J connectivity index is 1.46. The van der Waals surface area contributed by atoms with E-state index >= 15 is 0 Å². The molecule has 0 aliphatic heterocycles. The first kappa shape index (κ1) is 15.6. The number of amides is 1. The molecule has 3 atom stereocenters. The van der Waals surface area contributed by atoms with E-state index in [2.05, 4.69) is 17.5 Å². The number of fused-ring (bicyclic) bond motifs is 2. The molecule has 23 heavy (non-hydrogen) atoms. The van der Waals surface area contributed by atoms with Crippen molar-refractivity contribution in [3.63, 3.8) is 0 Å². The van der Waals surface area contributed by atoms with Crippen molar-refractivity contribution in [2.45, 2.75) is 12.8 Å². The molecule has 2 aliphatic carbocycles. The topological polar surface area (TPSA) is 58.6 Å². The second-order valence-corrected chi connectivity index (χ2v) is 6.48. The molecule has 3 rings (SSSR count). The van der Waals surface area contributed by atoms with Gasteiger partial charge in [0, 0.05) is 25.5 Å². The fourth-order valence-electron chi connectivity index (χ4n) is 3.34. The summed E-state index contributed by atoms with van der Waals surface area (Å²) in [5, 5.41) is 2.74. The zero-order valence-corrected chi connectivity index (χ0v) is 13.5. The van der Waals surface area contributed by atoms with Crippen molar-refractivity contribution in [3.8, 4) is 0 Å². The van der Waals surface area contributed by atoms with Crippen molar-refractivity contribution < 1.29 is 14.3 Å². The summed E-state index contributed by atoms with van der Waals surface area (Å²) in [5.41, 5.74) is 1.75. The van der Waals surface area contributed by atoms with Gasteiger partial charge >= 0.3 is 5.97 Å². The molecule has 2 aliphatic rings. The Hall–Kier alpha value is -2.30. The summed E-state index contributed by atoms with van der Waals surface area (Å²) >= 11 is 0. The molecule has 1 aromatic carbocycles. The van der Waals surface area contributed by atoms with Gasteiger partial charge in [-0.05, 0) is 48.9 Å². The standard InChI is InChI=1S/C18H22N2O3/c1-20(2)15-7-5-14(6-8-15)19-17(21)11-23-18(22)16-10-12-3-4-13(16)9-12/h3-8,12-13,16H,9-11H2,1-2H3,(H,19,21). The van der Waals surface area contributed by atoms with E-state index in [4.69, 9.17) is 4.74 Å². The number of ether oxygens (including phenoxy) is 1. The highest BCUT2D eigenvalue weighted by Crippen LogP contribution is 2.43. The number of hydrogen-bond donors (Lipinski definition) is 1. The van der Waals surface area contributed by atoms with Crippen LogP contribution in [0.2, 0.25) is 0 Å². The molecule has 1 N–H and O–H groups in total. The summed E-state index contributed by atoms with van der Waals surface area (Å²) in [6, 6.07) is 7.50. The van der Waals surface area contributed by atoms with Gasteiger partial charge in [0.25, 0.3) is 5.91 Å². The molecule has 0 saturated heterocycles. The predicted molar refractivity (Wildman–Crippen MR) is 89.2 cm³/mol. The number of carbonyl (C=O) groups excluding carboxylic acids is 2. The first-order valence-corrected chi connectivity index (χ1v) is 7.95. The Kier molecular flexibility index (Phi) is 4.37. The number of esters is 1. The highest BCUT2D eigenvalue weighted by atomic mass is 16.5. The van der Waals surface area contributed by atoms with Crippen molar-refractivity contribution in [1.29, 1.82) is 0 Å². The number of nitrogens with one attached hydrogen (secondary N) is 1. The fourth-order valence-corrected chi connectivity index (χ4v) is 3.34. The molecule has 0 spiro atoms. The third-order valence-electron chi connectivity index (χ3n) is 4.59. The van der Waals surface area contributed by atoms with Gasteiger partial charge in [0.15, 0.2) is 6.61 Å². The molecule has 122 valence electrons. The molecule has 1 amide bonds. The van der Waals surface area contributed by atoms with Crippen molar-refractivity contribution >= 4 is 23.3 Å². The van der Waals surface area contributed by atoms with Crippen LogP contribution in [0.3, 0.4) is 0 Å². The highest BCUT2D eigenvalue weighted by molar-refractivity contribution is 5.93. The number of benzene rings is 1. The summed E-state index contributed by atoms with van der Waals surface area (Å²) in [6.07, 6.45) is 6.18. The Labute approximate surface area is 136 Å². The fraction of sp³-hybridized carbons (Fsp3) is 0.444. The number of allylic oxidation sites excluding steroid dienone is 2. The Morgan fingerprint density at radius 1 is 1.17 bits per heavy atom. The van der Waals surface area contributed by atoms with Crippen LogP contribution in [0, 0.1) is 17.8 Å². The SMILES string of the molecule is CN(C)c1ccc(NC(=O)COC(=O)C2CC3C=CC2C3)cc1. The largest absolute Gasteiger partial charge is 0.455 e. The maximum atomic E-state index is 12.1. The van der Waals surface area contributed by atoms with Crippen molar-refractivity contribution in [3.05, 3.63) is 36.4 Å². The van der Waals surface area contributed by atoms with Crippen LogP contribution in [0.5, 0.6) is 0 Å². The predicted octanol–water partition coefficient (Wildman–Crippen LogP) is 2.45. The number of nitrogens with zero attached hydrogens (tertiary/aromatic N) is 1. The van der Waals surface area contributed by atoms with Crippen molar-refractivity contribution in [1.82, 2.24) is 0 Å². The number of anilines is 2. The molecule has 5 nitrogen and oxygen atoms in total. The normalized spacial score (nSPS) is 24.5. The number of hydrogen-bond acceptors (Lipinski definition) is 4. The molecule has 0 aromatic heterocycles. The Morgan fingerprint density at radius 3 is 2.48 bits per heavy atom. The van der Waals surface area contributed by atoms with E-state index in [0.717, 1.165) is 18.5 Å². The van der Waals surface area contributed by atoms with Gasteiger partial charge in [0.2, 0.25) is 0 Å². The molecular weight excluding hydrogens is 292 g/mol. The minimum atomic E-state index is -0.311. The van der Waals surface area contributed by atoms with Crippen LogP contribution in [0.15, 0.2) is 36.4 Å². The zero-order valence-electron chi connectivity index (χ0n) is 13.5. The third-order valence-corrected chi connectivity index (χ3v) is 4.59. The van der Waals surface area contributed by atoms with Gasteiger partial charge in [-0.15, -0.1) is 0 Å². The van der Waals surface area contributed by atoms with E-state index in [1.165, 1.54) is 0 Å². The second kappa shape index (κ2) is 6.44. The summed E-state index contributed by atoms with van der Waals surface area (Å²) in [4.78, 5) is 26.0. The molecule has 1 fully saturated rings. The van der Waals surface area contributed by atoms with E-state index in [0.29, 0.717) is 17.5 Å². The Morgan fingerprint density at radius 2 is 1.91 bits per heavy atom. The smallest absolute Gasteiger partial charge is 0.310 e. The van der Waals surface area contributed by atoms with Gasteiger partial charge in [-0.2, -0.15) is 0 Å². The molecule has 0 radical (unpaired) electrons. The Bertz CT molecular complexity index is 622. The van der Waals surface area contributed by atoms with Crippen molar-refractivity contribution in [2.24, 2.45) is 17.8 Å². The van der Waals surface area contributed by atoms with Gasteiger partial charge < -0.3 is 15.0 Å². The summed E-state index contributed by atoms with van der Waals surface area (Å²) in [7, 11) is 3.91. The van der Waals surface area contributed by atoms with Gasteiger partial charge in [-0.3, -0.25) is 9.59 Å². The summed E-state index contributed by atoms with van der Waals surface area (Å²) < 4.78 is 5.18.